The number of rotatable bonds is 7. The maximum Gasteiger partial charge on any atom is 0.223 e. The quantitative estimate of drug-likeness (QED) is 0.744. The Labute approximate surface area is 154 Å². The molecule has 6 nitrogen and oxygen atoms in total. The van der Waals surface area contributed by atoms with Gasteiger partial charge in [0.2, 0.25) is 5.91 Å². The largest absolute Gasteiger partial charge is 0.339 e. The number of carbonyl (C=O) groups is 1. The monoisotopic (exact) mass is 375 g/mol. The summed E-state index contributed by atoms with van der Waals surface area (Å²) in [4.78, 5) is 14.5. The van der Waals surface area contributed by atoms with Crippen LogP contribution in [0.15, 0.2) is 42.7 Å². The minimum atomic E-state index is -2.99. The van der Waals surface area contributed by atoms with E-state index in [0.29, 0.717) is 25.8 Å². The average molecular weight is 375 g/mol. The summed E-state index contributed by atoms with van der Waals surface area (Å²) in [5.74, 6) is 0.320. The molecule has 2 aromatic rings. The lowest BCUT2D eigenvalue weighted by molar-refractivity contribution is -0.133. The molecule has 1 aliphatic rings. The van der Waals surface area contributed by atoms with Crippen LogP contribution >= 0.6 is 0 Å². The Balaban J connectivity index is 1.61. The molecule has 3 rings (SSSR count). The van der Waals surface area contributed by atoms with E-state index in [1.165, 1.54) is 0 Å². The summed E-state index contributed by atoms with van der Waals surface area (Å²) in [6.45, 7) is 2.62. The number of amides is 1. The molecule has 0 bridgehead atoms. The Morgan fingerprint density at radius 2 is 2.08 bits per heavy atom. The number of hydrogen-bond donors (Lipinski definition) is 0. The highest BCUT2D eigenvalue weighted by molar-refractivity contribution is 7.91. The van der Waals surface area contributed by atoms with E-state index in [1.807, 2.05) is 43.5 Å². The fourth-order valence-corrected chi connectivity index (χ4v) is 5.11. The minimum Gasteiger partial charge on any atom is -0.339 e. The lowest BCUT2D eigenvalue weighted by Crippen LogP contribution is -2.41. The molecule has 2 heterocycles. The summed E-state index contributed by atoms with van der Waals surface area (Å²) >= 11 is 0. The van der Waals surface area contributed by atoms with E-state index in [9.17, 15) is 13.2 Å². The smallest absolute Gasteiger partial charge is 0.223 e. The van der Waals surface area contributed by atoms with Crippen molar-refractivity contribution >= 4 is 15.7 Å². The molecule has 1 unspecified atom stereocenters. The molecule has 1 amide bonds. The SMILES string of the molecule is CCCN(C(=O)CCc1cnn(-c2ccccc2)c1)C1CCS(=O)(=O)C1. The van der Waals surface area contributed by atoms with Gasteiger partial charge in [0.25, 0.3) is 0 Å². The predicted octanol–water partition coefficient (Wildman–Crippen LogP) is 2.23. The van der Waals surface area contributed by atoms with Gasteiger partial charge in [-0.2, -0.15) is 5.10 Å². The Kier molecular flexibility index (Phi) is 5.76. The number of aryl methyl sites for hydroxylation is 1. The van der Waals surface area contributed by atoms with Crippen LogP contribution in [0.2, 0.25) is 0 Å². The summed E-state index contributed by atoms with van der Waals surface area (Å²) in [5.41, 5.74) is 1.98. The topological polar surface area (TPSA) is 72.3 Å². The molecule has 0 radical (unpaired) electrons. The van der Waals surface area contributed by atoms with Crippen molar-refractivity contribution in [3.63, 3.8) is 0 Å². The fourth-order valence-electron chi connectivity index (χ4n) is 3.38. The van der Waals surface area contributed by atoms with Gasteiger partial charge < -0.3 is 4.90 Å². The fraction of sp³-hybridized carbons (Fsp3) is 0.474. The average Bonchev–Trinajstić information content (AvgIpc) is 3.24. The van der Waals surface area contributed by atoms with Crippen LogP contribution in [0.4, 0.5) is 0 Å². The molecular weight excluding hydrogens is 350 g/mol. The number of hydrogen-bond acceptors (Lipinski definition) is 4. The number of benzene rings is 1. The van der Waals surface area contributed by atoms with E-state index in [0.717, 1.165) is 17.7 Å². The highest BCUT2D eigenvalue weighted by Crippen LogP contribution is 2.19. The summed E-state index contributed by atoms with van der Waals surface area (Å²) in [7, 11) is -2.99. The van der Waals surface area contributed by atoms with Gasteiger partial charge in [0, 0.05) is 25.2 Å². The van der Waals surface area contributed by atoms with Gasteiger partial charge in [-0.1, -0.05) is 25.1 Å². The molecule has 1 aromatic carbocycles. The van der Waals surface area contributed by atoms with E-state index < -0.39 is 9.84 Å². The van der Waals surface area contributed by atoms with Crippen molar-refractivity contribution in [2.24, 2.45) is 0 Å². The zero-order valence-electron chi connectivity index (χ0n) is 15.0. The third-order valence-corrected chi connectivity index (χ3v) is 6.47. The number of para-hydroxylation sites is 1. The van der Waals surface area contributed by atoms with E-state index in [4.69, 9.17) is 0 Å². The van der Waals surface area contributed by atoms with Crippen LogP contribution in [-0.2, 0) is 21.1 Å². The molecule has 1 aliphatic heterocycles. The molecule has 140 valence electrons. The van der Waals surface area contributed by atoms with Crippen molar-refractivity contribution < 1.29 is 13.2 Å². The van der Waals surface area contributed by atoms with Crippen molar-refractivity contribution in [2.75, 3.05) is 18.1 Å². The van der Waals surface area contributed by atoms with E-state index in [1.54, 1.807) is 15.8 Å². The van der Waals surface area contributed by atoms with Crippen LogP contribution in [-0.4, -0.2) is 53.1 Å². The molecule has 0 spiro atoms. The first kappa shape index (κ1) is 18.6. The van der Waals surface area contributed by atoms with Crippen LogP contribution in [0, 0.1) is 0 Å². The molecule has 1 saturated heterocycles. The lowest BCUT2D eigenvalue weighted by atomic mass is 10.1. The lowest BCUT2D eigenvalue weighted by Gasteiger charge is -2.28. The second-order valence-corrected chi connectivity index (χ2v) is 9.00. The summed E-state index contributed by atoms with van der Waals surface area (Å²) < 4.78 is 25.3. The molecule has 0 N–H and O–H groups in total. The number of sulfone groups is 1. The van der Waals surface area contributed by atoms with Gasteiger partial charge in [-0.15, -0.1) is 0 Å². The van der Waals surface area contributed by atoms with Crippen molar-refractivity contribution in [1.82, 2.24) is 14.7 Å². The standard InChI is InChI=1S/C19H25N3O3S/c1-2-11-21(18-10-12-26(24,25)15-18)19(23)9-8-16-13-20-22(14-16)17-6-4-3-5-7-17/h3-7,13-14,18H,2,8-12,15H2,1H3. The highest BCUT2D eigenvalue weighted by Gasteiger charge is 2.33. The van der Waals surface area contributed by atoms with Gasteiger partial charge in [0.1, 0.15) is 0 Å². The Bertz CT molecular complexity index is 846. The van der Waals surface area contributed by atoms with Crippen molar-refractivity contribution in [1.29, 1.82) is 0 Å². The Hall–Kier alpha value is -2.15. The summed E-state index contributed by atoms with van der Waals surface area (Å²) in [6.07, 6.45) is 6.08. The van der Waals surface area contributed by atoms with Crippen LogP contribution < -0.4 is 0 Å². The maximum absolute atomic E-state index is 12.7. The molecule has 1 atom stereocenters. The number of carbonyl (C=O) groups excluding carboxylic acids is 1. The summed E-state index contributed by atoms with van der Waals surface area (Å²) in [5, 5.41) is 4.35. The minimum absolute atomic E-state index is 0.0291. The Morgan fingerprint density at radius 3 is 2.73 bits per heavy atom. The van der Waals surface area contributed by atoms with Gasteiger partial charge in [-0.25, -0.2) is 13.1 Å². The first-order valence-corrected chi connectivity index (χ1v) is 10.9. The van der Waals surface area contributed by atoms with Crippen LogP contribution in [0.25, 0.3) is 5.69 Å². The maximum atomic E-state index is 12.7. The second kappa shape index (κ2) is 8.03. The van der Waals surface area contributed by atoms with Crippen LogP contribution in [0.5, 0.6) is 0 Å². The van der Waals surface area contributed by atoms with Gasteiger partial charge >= 0.3 is 0 Å². The predicted molar refractivity (Wildman–Crippen MR) is 101 cm³/mol. The van der Waals surface area contributed by atoms with Gasteiger partial charge in [-0.05, 0) is 37.0 Å². The zero-order chi connectivity index (χ0) is 18.6. The van der Waals surface area contributed by atoms with Gasteiger partial charge in [-0.3, -0.25) is 4.79 Å². The normalized spacial score (nSPS) is 18.7. The molecular formula is C19H25N3O3S. The van der Waals surface area contributed by atoms with Crippen molar-refractivity contribution in [2.45, 2.75) is 38.6 Å². The van der Waals surface area contributed by atoms with Gasteiger partial charge in [0.15, 0.2) is 9.84 Å². The first-order chi connectivity index (χ1) is 12.5. The third kappa shape index (κ3) is 4.52. The second-order valence-electron chi connectivity index (χ2n) is 6.77. The summed E-state index contributed by atoms with van der Waals surface area (Å²) in [6, 6.07) is 9.66. The number of aromatic nitrogens is 2. The van der Waals surface area contributed by atoms with E-state index >= 15 is 0 Å². The van der Waals surface area contributed by atoms with Crippen LogP contribution in [0.3, 0.4) is 0 Å². The van der Waals surface area contributed by atoms with Crippen molar-refractivity contribution in [3.05, 3.63) is 48.3 Å². The van der Waals surface area contributed by atoms with Crippen molar-refractivity contribution in [3.8, 4) is 5.69 Å². The molecule has 0 saturated carbocycles. The molecule has 26 heavy (non-hydrogen) atoms. The van der Waals surface area contributed by atoms with Gasteiger partial charge in [0.05, 0.1) is 23.4 Å². The van der Waals surface area contributed by atoms with Crippen LogP contribution in [0.1, 0.15) is 31.7 Å². The molecule has 0 aliphatic carbocycles. The highest BCUT2D eigenvalue weighted by atomic mass is 32.2. The third-order valence-electron chi connectivity index (χ3n) is 4.72. The molecule has 7 heteroatoms. The molecule has 1 fully saturated rings. The first-order valence-electron chi connectivity index (χ1n) is 9.07. The zero-order valence-corrected chi connectivity index (χ0v) is 15.9. The van der Waals surface area contributed by atoms with E-state index in [-0.39, 0.29) is 23.5 Å². The molecule has 1 aromatic heterocycles. The Morgan fingerprint density at radius 1 is 1.31 bits per heavy atom. The number of nitrogens with zero attached hydrogens (tertiary/aromatic N) is 3. The van der Waals surface area contributed by atoms with E-state index in [2.05, 4.69) is 5.10 Å².